The zero-order valence-corrected chi connectivity index (χ0v) is 8.65. The molecule has 5 nitrogen and oxygen atoms in total. The van der Waals surface area contributed by atoms with Gasteiger partial charge in [-0.3, -0.25) is 0 Å². The number of hydrogen-bond acceptors (Lipinski definition) is 2. The van der Waals surface area contributed by atoms with E-state index in [1.807, 2.05) is 30.3 Å². The third-order valence-electron chi connectivity index (χ3n) is 2.17. The molecular formula is C11H12N4O. The van der Waals surface area contributed by atoms with Crippen LogP contribution in [0.25, 0.3) is 0 Å². The van der Waals surface area contributed by atoms with Crippen molar-refractivity contribution in [3.05, 3.63) is 54.4 Å². The Morgan fingerprint density at radius 2 is 2.06 bits per heavy atom. The van der Waals surface area contributed by atoms with Gasteiger partial charge >= 0.3 is 6.03 Å². The number of urea groups is 1. The summed E-state index contributed by atoms with van der Waals surface area (Å²) in [7, 11) is 0. The van der Waals surface area contributed by atoms with Gasteiger partial charge in [-0.1, -0.05) is 30.3 Å². The predicted octanol–water partition coefficient (Wildman–Crippen LogP) is 1.10. The van der Waals surface area contributed by atoms with Gasteiger partial charge < -0.3 is 5.73 Å². The number of aromatic nitrogens is 2. The molecule has 5 heteroatoms. The second-order valence-electron chi connectivity index (χ2n) is 3.31. The molecule has 0 aliphatic heterocycles. The molecule has 2 N–H and O–H groups in total. The lowest BCUT2D eigenvalue weighted by Crippen LogP contribution is -2.43. The Bertz CT molecular complexity index is 452. The Hall–Kier alpha value is -2.30. The van der Waals surface area contributed by atoms with Gasteiger partial charge in [0.15, 0.2) is 0 Å². The fraction of sp³-hybridized carbons (Fsp3) is 0.0909. The van der Waals surface area contributed by atoms with Crippen molar-refractivity contribution in [2.45, 2.75) is 6.54 Å². The van der Waals surface area contributed by atoms with Crippen LogP contribution >= 0.6 is 0 Å². The maximum absolute atomic E-state index is 11.3. The van der Waals surface area contributed by atoms with Crippen LogP contribution in [0.3, 0.4) is 0 Å². The van der Waals surface area contributed by atoms with Gasteiger partial charge in [-0.2, -0.15) is 9.89 Å². The molecule has 16 heavy (non-hydrogen) atoms. The van der Waals surface area contributed by atoms with Crippen LogP contribution in [0.1, 0.15) is 5.56 Å². The number of amides is 2. The van der Waals surface area contributed by atoms with Crippen LogP contribution < -0.4 is 10.7 Å². The van der Waals surface area contributed by atoms with Gasteiger partial charge in [0.25, 0.3) is 0 Å². The molecule has 0 saturated heterocycles. The lowest BCUT2D eigenvalue weighted by molar-refractivity contribution is 0.246. The fourth-order valence-electron chi connectivity index (χ4n) is 1.41. The molecule has 1 aromatic heterocycles. The number of carbonyl (C=O) groups excluding carboxylic acids is 1. The van der Waals surface area contributed by atoms with Gasteiger partial charge in [0, 0.05) is 6.20 Å². The van der Waals surface area contributed by atoms with Crippen LogP contribution in [0, 0.1) is 0 Å². The van der Waals surface area contributed by atoms with E-state index in [0.29, 0.717) is 6.54 Å². The third-order valence-corrected chi connectivity index (χ3v) is 2.17. The van der Waals surface area contributed by atoms with Crippen LogP contribution in [0.2, 0.25) is 0 Å². The van der Waals surface area contributed by atoms with Gasteiger partial charge in [0.2, 0.25) is 0 Å². The van der Waals surface area contributed by atoms with Crippen molar-refractivity contribution in [3.63, 3.8) is 0 Å². The second-order valence-corrected chi connectivity index (χ2v) is 3.31. The maximum atomic E-state index is 11.3. The molecule has 0 atom stereocenters. The summed E-state index contributed by atoms with van der Waals surface area (Å²) in [6, 6.07) is 10.8. The van der Waals surface area contributed by atoms with E-state index in [1.165, 1.54) is 9.80 Å². The molecule has 0 saturated carbocycles. The molecular weight excluding hydrogens is 204 g/mol. The Balaban J connectivity index is 2.19. The van der Waals surface area contributed by atoms with Crippen LogP contribution in [0.15, 0.2) is 48.8 Å². The average Bonchev–Trinajstić information content (AvgIpc) is 2.80. The van der Waals surface area contributed by atoms with E-state index in [2.05, 4.69) is 5.10 Å². The summed E-state index contributed by atoms with van der Waals surface area (Å²) in [5.74, 6) is 0. The summed E-state index contributed by atoms with van der Waals surface area (Å²) in [6.07, 6.45) is 3.27. The van der Waals surface area contributed by atoms with E-state index >= 15 is 0 Å². The van der Waals surface area contributed by atoms with E-state index < -0.39 is 6.03 Å². The van der Waals surface area contributed by atoms with Crippen molar-refractivity contribution in [1.29, 1.82) is 0 Å². The summed E-state index contributed by atoms with van der Waals surface area (Å²) >= 11 is 0. The molecule has 1 aromatic carbocycles. The number of hydrogen-bond donors (Lipinski definition) is 1. The molecule has 0 aliphatic rings. The first-order valence-electron chi connectivity index (χ1n) is 4.88. The van der Waals surface area contributed by atoms with Crippen molar-refractivity contribution < 1.29 is 4.79 Å². The third kappa shape index (κ3) is 2.20. The fourth-order valence-corrected chi connectivity index (χ4v) is 1.41. The molecule has 2 rings (SSSR count). The van der Waals surface area contributed by atoms with Crippen molar-refractivity contribution in [3.8, 4) is 0 Å². The Morgan fingerprint density at radius 3 is 2.62 bits per heavy atom. The molecule has 0 unspecified atom stereocenters. The summed E-state index contributed by atoms with van der Waals surface area (Å²) in [5, 5.41) is 5.33. The van der Waals surface area contributed by atoms with Crippen LogP contribution in [-0.4, -0.2) is 15.9 Å². The molecule has 2 amide bonds. The Morgan fingerprint density at radius 1 is 1.31 bits per heavy atom. The number of nitrogens with two attached hydrogens (primary N) is 1. The normalized spacial score (nSPS) is 10.0. The zero-order valence-electron chi connectivity index (χ0n) is 8.65. The lowest BCUT2D eigenvalue weighted by atomic mass is 10.2. The highest BCUT2D eigenvalue weighted by Crippen LogP contribution is 2.03. The highest BCUT2D eigenvalue weighted by atomic mass is 16.2. The quantitative estimate of drug-likeness (QED) is 0.835. The number of benzene rings is 1. The molecule has 0 fully saturated rings. The molecule has 1 heterocycles. The van der Waals surface area contributed by atoms with Gasteiger partial charge in [0.1, 0.15) is 0 Å². The van der Waals surface area contributed by atoms with Crippen molar-refractivity contribution in [1.82, 2.24) is 9.89 Å². The maximum Gasteiger partial charge on any atom is 0.335 e. The SMILES string of the molecule is NC(=O)N(Cc1ccccc1)n1cccn1. The highest BCUT2D eigenvalue weighted by molar-refractivity contribution is 5.82. The van der Waals surface area contributed by atoms with Gasteiger partial charge in [-0.15, -0.1) is 0 Å². The minimum atomic E-state index is -0.535. The monoisotopic (exact) mass is 216 g/mol. The average molecular weight is 216 g/mol. The smallest absolute Gasteiger partial charge is 0.335 e. The van der Waals surface area contributed by atoms with Gasteiger partial charge in [0.05, 0.1) is 12.7 Å². The van der Waals surface area contributed by atoms with E-state index in [-0.39, 0.29) is 0 Å². The molecule has 2 aromatic rings. The highest BCUT2D eigenvalue weighted by Gasteiger charge is 2.11. The molecule has 0 aliphatic carbocycles. The van der Waals surface area contributed by atoms with Crippen LogP contribution in [-0.2, 0) is 6.54 Å². The zero-order chi connectivity index (χ0) is 11.4. The first-order valence-corrected chi connectivity index (χ1v) is 4.88. The Kier molecular flexibility index (Phi) is 2.86. The lowest BCUT2D eigenvalue weighted by Gasteiger charge is -2.19. The summed E-state index contributed by atoms with van der Waals surface area (Å²) in [4.78, 5) is 12.7. The standard InChI is InChI=1S/C11H12N4O/c12-11(16)14(15-8-4-7-13-15)9-10-5-2-1-3-6-10/h1-8H,9H2,(H2,12,16). The van der Waals surface area contributed by atoms with Crippen LogP contribution in [0.4, 0.5) is 4.79 Å². The topological polar surface area (TPSA) is 64.2 Å². The minimum Gasteiger partial charge on any atom is -0.350 e. The first kappa shape index (κ1) is 10.2. The largest absolute Gasteiger partial charge is 0.350 e. The van der Waals surface area contributed by atoms with E-state index in [1.54, 1.807) is 18.5 Å². The van der Waals surface area contributed by atoms with Crippen molar-refractivity contribution in [2.75, 3.05) is 5.01 Å². The predicted molar refractivity (Wildman–Crippen MR) is 60.2 cm³/mol. The number of rotatable bonds is 3. The van der Waals surface area contributed by atoms with E-state index in [9.17, 15) is 4.79 Å². The summed E-state index contributed by atoms with van der Waals surface area (Å²) in [5.41, 5.74) is 6.30. The number of nitrogens with zero attached hydrogens (tertiary/aromatic N) is 3. The minimum absolute atomic E-state index is 0.401. The van der Waals surface area contributed by atoms with Crippen LogP contribution in [0.5, 0.6) is 0 Å². The molecule has 0 spiro atoms. The molecule has 82 valence electrons. The van der Waals surface area contributed by atoms with Gasteiger partial charge in [-0.25, -0.2) is 9.80 Å². The van der Waals surface area contributed by atoms with Gasteiger partial charge in [-0.05, 0) is 11.6 Å². The number of carbonyl (C=O) groups is 1. The summed E-state index contributed by atoms with van der Waals surface area (Å²) < 4.78 is 0. The summed E-state index contributed by atoms with van der Waals surface area (Å²) in [6.45, 7) is 0.401. The molecule has 0 radical (unpaired) electrons. The number of primary amides is 1. The van der Waals surface area contributed by atoms with E-state index in [0.717, 1.165) is 5.56 Å². The first-order chi connectivity index (χ1) is 7.77. The second kappa shape index (κ2) is 4.48. The van der Waals surface area contributed by atoms with Crippen molar-refractivity contribution >= 4 is 6.03 Å². The molecule has 0 bridgehead atoms. The Labute approximate surface area is 93.1 Å². The van der Waals surface area contributed by atoms with Crippen molar-refractivity contribution in [2.24, 2.45) is 5.73 Å². The van der Waals surface area contributed by atoms with E-state index in [4.69, 9.17) is 5.73 Å².